The quantitative estimate of drug-likeness (QED) is 0.194. The van der Waals surface area contributed by atoms with Gasteiger partial charge in [0.05, 0.1) is 27.7 Å². The number of phosphoric ester groups is 1. The molecular weight excluding hydrogens is 321 g/mol. The Labute approximate surface area is 131 Å². The van der Waals surface area contributed by atoms with Crippen LogP contribution in [0.1, 0.15) is 20.3 Å². The van der Waals surface area contributed by atoms with E-state index < -0.39 is 18.7 Å². The van der Waals surface area contributed by atoms with Crippen molar-refractivity contribution in [3.05, 3.63) is 0 Å². The van der Waals surface area contributed by atoms with Gasteiger partial charge in [-0.1, -0.05) is 6.92 Å². The minimum absolute atomic E-state index is 0.0274. The van der Waals surface area contributed by atoms with Gasteiger partial charge in [0.15, 0.2) is 0 Å². The summed E-state index contributed by atoms with van der Waals surface area (Å²) in [5, 5.41) is 0. The van der Waals surface area contributed by atoms with Crippen molar-refractivity contribution in [3.63, 3.8) is 0 Å². The fourth-order valence-corrected chi connectivity index (χ4v) is 1.77. The number of rotatable bonds is 10. The van der Waals surface area contributed by atoms with Gasteiger partial charge in [-0.15, -0.1) is 11.6 Å². The van der Waals surface area contributed by atoms with Gasteiger partial charge in [0, 0.05) is 0 Å². The van der Waals surface area contributed by atoms with E-state index in [-0.39, 0.29) is 19.8 Å². The molecule has 0 aromatic rings. The monoisotopic (exact) mass is 345 g/mol. The van der Waals surface area contributed by atoms with Crippen molar-refractivity contribution < 1.29 is 32.5 Å². The maximum atomic E-state index is 11.5. The standard InChI is InChI=1S/C12H25ClNO6P/c1-6-12(2,13)11(15)18-9-10-20-21(16,17)19-8-7-14(3,4)5/h6-10H2,1-5H3. The van der Waals surface area contributed by atoms with Gasteiger partial charge in [-0.3, -0.25) is 9.36 Å². The summed E-state index contributed by atoms with van der Waals surface area (Å²) in [5.41, 5.74) is 0. The second-order valence-corrected chi connectivity index (χ2v) is 8.06. The minimum atomic E-state index is -4.37. The largest absolute Gasteiger partial charge is 0.756 e. The number of ether oxygens (including phenoxy) is 1. The second-order valence-electron chi connectivity index (χ2n) is 5.81. The van der Waals surface area contributed by atoms with E-state index in [1.807, 2.05) is 21.1 Å². The molecule has 0 aliphatic heterocycles. The van der Waals surface area contributed by atoms with Crippen molar-refractivity contribution in [2.75, 3.05) is 47.5 Å². The van der Waals surface area contributed by atoms with Gasteiger partial charge in [0.25, 0.3) is 7.82 Å². The summed E-state index contributed by atoms with van der Waals surface area (Å²) in [7, 11) is 1.37. The highest BCUT2D eigenvalue weighted by molar-refractivity contribution is 7.45. The van der Waals surface area contributed by atoms with E-state index in [4.69, 9.17) is 20.9 Å². The third kappa shape index (κ3) is 10.2. The molecule has 0 rings (SSSR count). The molecule has 21 heavy (non-hydrogen) atoms. The lowest BCUT2D eigenvalue weighted by atomic mass is 10.1. The summed E-state index contributed by atoms with van der Waals surface area (Å²) >= 11 is 5.89. The number of alkyl halides is 1. The van der Waals surface area contributed by atoms with E-state index in [1.54, 1.807) is 6.92 Å². The van der Waals surface area contributed by atoms with E-state index in [2.05, 4.69) is 4.52 Å². The number of esters is 1. The van der Waals surface area contributed by atoms with Gasteiger partial charge < -0.3 is 23.2 Å². The first-order valence-electron chi connectivity index (χ1n) is 6.66. The maximum absolute atomic E-state index is 11.5. The average molecular weight is 346 g/mol. The fraction of sp³-hybridized carbons (Fsp3) is 0.917. The lowest BCUT2D eigenvalue weighted by Crippen LogP contribution is -2.37. The van der Waals surface area contributed by atoms with Crippen molar-refractivity contribution in [2.24, 2.45) is 0 Å². The number of hydrogen-bond donors (Lipinski definition) is 0. The number of hydrogen-bond acceptors (Lipinski definition) is 6. The average Bonchev–Trinajstić information content (AvgIpc) is 2.32. The highest BCUT2D eigenvalue weighted by atomic mass is 35.5. The number of halogens is 1. The van der Waals surface area contributed by atoms with Crippen LogP contribution >= 0.6 is 19.4 Å². The topological polar surface area (TPSA) is 84.9 Å². The third-order valence-corrected chi connectivity index (χ3v) is 4.09. The molecule has 0 fully saturated rings. The van der Waals surface area contributed by atoms with Gasteiger partial charge >= 0.3 is 5.97 Å². The molecule has 0 radical (unpaired) electrons. The highest BCUT2D eigenvalue weighted by Gasteiger charge is 2.30. The Morgan fingerprint density at radius 2 is 1.76 bits per heavy atom. The number of carbonyl (C=O) groups excluding carboxylic acids is 1. The van der Waals surface area contributed by atoms with Gasteiger partial charge in [0.1, 0.15) is 24.6 Å². The molecule has 0 saturated heterocycles. The number of quaternary nitrogens is 1. The van der Waals surface area contributed by atoms with Crippen LogP contribution < -0.4 is 4.89 Å². The van der Waals surface area contributed by atoms with E-state index in [0.717, 1.165) is 0 Å². The lowest BCUT2D eigenvalue weighted by molar-refractivity contribution is -0.870. The predicted octanol–water partition coefficient (Wildman–Crippen LogP) is 1.14. The van der Waals surface area contributed by atoms with E-state index >= 15 is 0 Å². The molecular formula is C12H25ClNO6P. The molecule has 0 amide bonds. The number of likely N-dealkylation sites (N-methyl/N-ethyl adjacent to an activating group) is 1. The Bertz CT molecular complexity index is 382. The summed E-state index contributed by atoms with van der Waals surface area (Å²) in [6.07, 6.45) is 0.405. The molecule has 0 heterocycles. The summed E-state index contributed by atoms with van der Waals surface area (Å²) < 4.78 is 26.1. The summed E-state index contributed by atoms with van der Waals surface area (Å²) in [4.78, 5) is 21.8. The van der Waals surface area contributed by atoms with Crippen LogP contribution in [0.3, 0.4) is 0 Å². The van der Waals surface area contributed by atoms with Crippen LogP contribution in [0.25, 0.3) is 0 Å². The van der Waals surface area contributed by atoms with E-state index in [0.29, 0.717) is 17.4 Å². The molecule has 0 bridgehead atoms. The molecule has 2 unspecified atom stereocenters. The zero-order valence-corrected chi connectivity index (χ0v) is 14.9. The van der Waals surface area contributed by atoms with E-state index in [1.165, 1.54) is 6.92 Å². The third-order valence-electron chi connectivity index (χ3n) is 2.67. The molecule has 9 heteroatoms. The first-order chi connectivity index (χ1) is 9.40. The van der Waals surface area contributed by atoms with Crippen LogP contribution in [0.15, 0.2) is 0 Å². The molecule has 0 aliphatic carbocycles. The first kappa shape index (κ1) is 20.8. The van der Waals surface area contributed by atoms with Crippen molar-refractivity contribution in [3.8, 4) is 0 Å². The zero-order valence-electron chi connectivity index (χ0n) is 13.3. The lowest BCUT2D eigenvalue weighted by Gasteiger charge is -2.27. The van der Waals surface area contributed by atoms with Gasteiger partial charge in [-0.25, -0.2) is 0 Å². The molecule has 0 aromatic carbocycles. The van der Waals surface area contributed by atoms with Crippen LogP contribution in [0.5, 0.6) is 0 Å². The fourth-order valence-electron chi connectivity index (χ4n) is 1.04. The Balaban J connectivity index is 3.95. The van der Waals surface area contributed by atoms with Crippen LogP contribution in [0.4, 0.5) is 0 Å². The van der Waals surface area contributed by atoms with Crippen molar-refractivity contribution >= 4 is 25.4 Å². The smallest absolute Gasteiger partial charge is 0.326 e. The second kappa shape index (κ2) is 8.46. The zero-order chi connectivity index (χ0) is 16.7. The molecule has 0 N–H and O–H groups in total. The van der Waals surface area contributed by atoms with Gasteiger partial charge in [-0.2, -0.15) is 0 Å². The molecule has 2 atom stereocenters. The van der Waals surface area contributed by atoms with Crippen LogP contribution in [0.2, 0.25) is 0 Å². The summed E-state index contributed by atoms with van der Waals surface area (Å²) in [6.45, 7) is 3.33. The normalized spacial score (nSPS) is 17.9. The highest BCUT2D eigenvalue weighted by Crippen LogP contribution is 2.37. The van der Waals surface area contributed by atoms with Gasteiger partial charge in [-0.05, 0) is 13.3 Å². The van der Waals surface area contributed by atoms with Crippen LogP contribution in [-0.4, -0.2) is 62.8 Å². The maximum Gasteiger partial charge on any atom is 0.326 e. The Morgan fingerprint density at radius 1 is 1.24 bits per heavy atom. The Morgan fingerprint density at radius 3 is 2.24 bits per heavy atom. The summed E-state index contributed by atoms with van der Waals surface area (Å²) in [5.74, 6) is -0.609. The van der Waals surface area contributed by atoms with Crippen molar-refractivity contribution in [1.82, 2.24) is 0 Å². The number of phosphoric acid groups is 1. The predicted molar refractivity (Wildman–Crippen MR) is 77.9 cm³/mol. The van der Waals surface area contributed by atoms with Crippen LogP contribution in [0, 0.1) is 0 Å². The molecule has 7 nitrogen and oxygen atoms in total. The molecule has 0 aliphatic rings. The van der Waals surface area contributed by atoms with Crippen molar-refractivity contribution in [1.29, 1.82) is 0 Å². The Hall–Kier alpha value is -0.170. The van der Waals surface area contributed by atoms with Gasteiger partial charge in [0.2, 0.25) is 0 Å². The number of nitrogens with zero attached hydrogens (tertiary/aromatic N) is 1. The molecule has 0 aromatic heterocycles. The van der Waals surface area contributed by atoms with Crippen molar-refractivity contribution in [2.45, 2.75) is 25.1 Å². The van der Waals surface area contributed by atoms with Crippen LogP contribution in [-0.2, 0) is 23.1 Å². The van der Waals surface area contributed by atoms with E-state index in [9.17, 15) is 14.3 Å². The Kier molecular flexibility index (Phi) is 8.39. The first-order valence-corrected chi connectivity index (χ1v) is 8.50. The SMILES string of the molecule is CCC(C)(Cl)C(=O)OCCOP(=O)([O-])OCC[N+](C)(C)C. The summed E-state index contributed by atoms with van der Waals surface area (Å²) in [6, 6.07) is 0. The molecule has 126 valence electrons. The molecule has 0 saturated carbocycles. The minimum Gasteiger partial charge on any atom is -0.756 e. The molecule has 0 spiro atoms. The number of carbonyl (C=O) groups is 1.